The van der Waals surface area contributed by atoms with E-state index in [1.54, 1.807) is 24.3 Å². The summed E-state index contributed by atoms with van der Waals surface area (Å²) < 4.78 is 41.4. The molecule has 0 radical (unpaired) electrons. The molecule has 2 fully saturated rings. The normalized spacial score (nSPS) is 18.6. The number of hydrogen-bond acceptors (Lipinski definition) is 5. The topological polar surface area (TPSA) is 103 Å². The van der Waals surface area contributed by atoms with Gasteiger partial charge in [-0.2, -0.15) is 23.5 Å². The number of carbonyl (C=O) groups is 1. The molecule has 43 heavy (non-hydrogen) atoms. The summed E-state index contributed by atoms with van der Waals surface area (Å²) >= 11 is 0. The standard InChI is InChI=1S/C33H30F3N5O2/c34-33(35,36)30-16-29(41(40-30)27-6-1-3-21(13-27)17-37)32(43)39-26-5-2-4-24(14-26)31(42)23-11-9-22(10-12-23)28-15-25(28)19-38-18-20-7-8-20/h1-6,9-14,16,20,25,28,31,38,42H,7-8,15,18-19H2,(H,39,43). The summed E-state index contributed by atoms with van der Waals surface area (Å²) in [4.78, 5) is 13.2. The second-order valence-corrected chi connectivity index (χ2v) is 11.3. The number of amides is 1. The zero-order valence-electron chi connectivity index (χ0n) is 23.2. The van der Waals surface area contributed by atoms with Gasteiger partial charge in [0.05, 0.1) is 17.3 Å². The van der Waals surface area contributed by atoms with Crippen molar-refractivity contribution >= 4 is 11.6 Å². The molecule has 2 aliphatic carbocycles. The van der Waals surface area contributed by atoms with E-state index >= 15 is 0 Å². The minimum atomic E-state index is -4.78. The molecule has 3 N–H and O–H groups in total. The molecule has 220 valence electrons. The summed E-state index contributed by atoms with van der Waals surface area (Å²) in [6, 6.07) is 22.9. The van der Waals surface area contributed by atoms with Crippen LogP contribution in [0, 0.1) is 23.2 Å². The third-order valence-corrected chi connectivity index (χ3v) is 8.05. The molecule has 4 aromatic rings. The lowest BCUT2D eigenvalue weighted by Gasteiger charge is -2.14. The molecule has 1 heterocycles. The first-order valence-corrected chi connectivity index (χ1v) is 14.3. The van der Waals surface area contributed by atoms with Gasteiger partial charge in [-0.3, -0.25) is 4.79 Å². The highest BCUT2D eigenvalue weighted by Crippen LogP contribution is 2.47. The largest absolute Gasteiger partial charge is 0.435 e. The van der Waals surface area contributed by atoms with Gasteiger partial charge in [-0.05, 0) is 97.1 Å². The van der Waals surface area contributed by atoms with Crippen LogP contribution in [0.5, 0.6) is 0 Å². The number of hydrogen-bond donors (Lipinski definition) is 3. The van der Waals surface area contributed by atoms with E-state index in [1.165, 1.54) is 42.7 Å². The van der Waals surface area contributed by atoms with Gasteiger partial charge in [-0.15, -0.1) is 0 Å². The Morgan fingerprint density at radius 3 is 2.51 bits per heavy atom. The molecule has 0 saturated heterocycles. The molecule has 6 rings (SSSR count). The van der Waals surface area contributed by atoms with Crippen molar-refractivity contribution in [3.05, 3.63) is 113 Å². The van der Waals surface area contributed by atoms with Crippen LogP contribution < -0.4 is 10.6 Å². The van der Waals surface area contributed by atoms with Gasteiger partial charge in [0, 0.05) is 11.8 Å². The van der Waals surface area contributed by atoms with Crippen molar-refractivity contribution < 1.29 is 23.1 Å². The SMILES string of the molecule is N#Cc1cccc(-n2nc(C(F)(F)F)cc2C(=O)Nc2cccc(C(O)c3ccc(C4CC4CNCC4CC4)cc3)c2)c1. The summed E-state index contributed by atoms with van der Waals surface area (Å²) in [6.45, 7) is 2.15. The third kappa shape index (κ3) is 6.63. The maximum absolute atomic E-state index is 13.5. The highest BCUT2D eigenvalue weighted by Gasteiger charge is 2.38. The Labute approximate surface area is 247 Å². The Morgan fingerprint density at radius 1 is 1.02 bits per heavy atom. The second kappa shape index (κ2) is 11.7. The van der Waals surface area contributed by atoms with Crippen LogP contribution in [0.4, 0.5) is 18.9 Å². The molecular formula is C33H30F3N5O2. The highest BCUT2D eigenvalue weighted by molar-refractivity contribution is 6.03. The number of anilines is 1. The van der Waals surface area contributed by atoms with Crippen LogP contribution in [0.15, 0.2) is 78.9 Å². The highest BCUT2D eigenvalue weighted by atomic mass is 19.4. The quantitative estimate of drug-likeness (QED) is 0.206. The lowest BCUT2D eigenvalue weighted by Crippen LogP contribution is -2.19. The van der Waals surface area contributed by atoms with Crippen molar-refractivity contribution in [3.63, 3.8) is 0 Å². The number of benzene rings is 3. The van der Waals surface area contributed by atoms with Crippen LogP contribution in [0.3, 0.4) is 0 Å². The number of rotatable bonds is 10. The fourth-order valence-corrected chi connectivity index (χ4v) is 5.36. The minimum Gasteiger partial charge on any atom is -0.384 e. The molecule has 3 aromatic carbocycles. The number of carbonyl (C=O) groups excluding carboxylic acids is 1. The van der Waals surface area contributed by atoms with Crippen molar-refractivity contribution in [1.29, 1.82) is 5.26 Å². The lowest BCUT2D eigenvalue weighted by molar-refractivity contribution is -0.141. The van der Waals surface area contributed by atoms with Crippen molar-refractivity contribution in [2.45, 2.75) is 37.5 Å². The Morgan fingerprint density at radius 2 is 1.79 bits per heavy atom. The van der Waals surface area contributed by atoms with Crippen molar-refractivity contribution in [2.24, 2.45) is 11.8 Å². The maximum atomic E-state index is 13.5. The van der Waals surface area contributed by atoms with Crippen LogP contribution in [0.25, 0.3) is 5.69 Å². The molecule has 3 atom stereocenters. The fourth-order valence-electron chi connectivity index (χ4n) is 5.36. The van der Waals surface area contributed by atoms with E-state index in [0.29, 0.717) is 34.7 Å². The molecule has 0 spiro atoms. The van der Waals surface area contributed by atoms with Crippen LogP contribution in [-0.4, -0.2) is 33.9 Å². The van der Waals surface area contributed by atoms with Crippen LogP contribution in [-0.2, 0) is 6.18 Å². The molecule has 1 aromatic heterocycles. The number of halogens is 3. The van der Waals surface area contributed by atoms with Gasteiger partial charge in [-0.25, -0.2) is 4.68 Å². The molecule has 7 nitrogen and oxygen atoms in total. The zero-order valence-corrected chi connectivity index (χ0v) is 23.2. The van der Waals surface area contributed by atoms with E-state index < -0.39 is 23.9 Å². The summed E-state index contributed by atoms with van der Waals surface area (Å²) in [6.07, 6.45) is -1.90. The Hall–Kier alpha value is -4.46. The van der Waals surface area contributed by atoms with Crippen molar-refractivity contribution in [1.82, 2.24) is 15.1 Å². The smallest absolute Gasteiger partial charge is 0.384 e. The molecule has 0 aliphatic heterocycles. The average Bonchev–Trinajstić information content (AvgIpc) is 3.94. The van der Waals surface area contributed by atoms with Gasteiger partial charge < -0.3 is 15.7 Å². The number of nitrogens with one attached hydrogen (secondary N) is 2. The van der Waals surface area contributed by atoms with Crippen molar-refractivity contribution in [3.8, 4) is 11.8 Å². The molecule has 2 saturated carbocycles. The fraction of sp³-hybridized carbons (Fsp3) is 0.303. The summed E-state index contributed by atoms with van der Waals surface area (Å²) in [5, 5.41) is 30.1. The predicted molar refractivity (Wildman–Crippen MR) is 155 cm³/mol. The van der Waals surface area contributed by atoms with E-state index in [2.05, 4.69) is 27.9 Å². The van der Waals surface area contributed by atoms with E-state index in [1.807, 2.05) is 18.2 Å². The number of aliphatic hydroxyl groups excluding tert-OH is 1. The second-order valence-electron chi connectivity index (χ2n) is 11.3. The average molecular weight is 586 g/mol. The molecule has 0 bridgehead atoms. The minimum absolute atomic E-state index is 0.138. The Balaban J connectivity index is 1.15. The van der Waals surface area contributed by atoms with Crippen LogP contribution >= 0.6 is 0 Å². The van der Waals surface area contributed by atoms with Gasteiger partial charge in [0.1, 0.15) is 11.8 Å². The van der Waals surface area contributed by atoms with Crippen LogP contribution in [0.2, 0.25) is 0 Å². The first-order valence-electron chi connectivity index (χ1n) is 14.3. The first kappa shape index (κ1) is 28.6. The Kier molecular flexibility index (Phi) is 7.77. The summed E-state index contributed by atoms with van der Waals surface area (Å²) in [7, 11) is 0. The maximum Gasteiger partial charge on any atom is 0.435 e. The molecule has 3 unspecified atom stereocenters. The zero-order chi connectivity index (χ0) is 30.1. The van der Waals surface area contributed by atoms with Crippen molar-refractivity contribution in [2.75, 3.05) is 18.4 Å². The van der Waals surface area contributed by atoms with Crippen LogP contribution in [0.1, 0.15) is 69.7 Å². The molecule has 2 aliphatic rings. The number of alkyl halides is 3. The number of nitrogens with zero attached hydrogens (tertiary/aromatic N) is 3. The van der Waals surface area contributed by atoms with E-state index in [0.717, 1.165) is 30.1 Å². The predicted octanol–water partition coefficient (Wildman–Crippen LogP) is 6.20. The van der Waals surface area contributed by atoms with E-state index in [-0.39, 0.29) is 16.9 Å². The third-order valence-electron chi connectivity index (χ3n) is 8.05. The number of aromatic nitrogens is 2. The lowest BCUT2D eigenvalue weighted by atomic mass is 9.98. The number of nitriles is 1. The molecule has 10 heteroatoms. The van der Waals surface area contributed by atoms with Gasteiger partial charge >= 0.3 is 6.18 Å². The van der Waals surface area contributed by atoms with E-state index in [9.17, 15) is 28.3 Å². The van der Waals surface area contributed by atoms with Gasteiger partial charge in [0.2, 0.25) is 0 Å². The molecular weight excluding hydrogens is 555 g/mol. The van der Waals surface area contributed by atoms with E-state index in [4.69, 9.17) is 0 Å². The monoisotopic (exact) mass is 585 g/mol. The molecule has 1 amide bonds. The summed E-state index contributed by atoms with van der Waals surface area (Å²) in [5.74, 6) is 1.22. The van der Waals surface area contributed by atoms with Gasteiger partial charge in [0.25, 0.3) is 5.91 Å². The van der Waals surface area contributed by atoms with Gasteiger partial charge in [0.15, 0.2) is 5.69 Å². The number of aliphatic hydroxyl groups is 1. The summed E-state index contributed by atoms with van der Waals surface area (Å²) in [5.41, 5.74) is 1.52. The first-order chi connectivity index (χ1) is 20.7. The van der Waals surface area contributed by atoms with Gasteiger partial charge in [-0.1, -0.05) is 42.5 Å². The Bertz CT molecular complexity index is 1670.